The van der Waals surface area contributed by atoms with Gasteiger partial charge in [-0.25, -0.2) is 23.1 Å². The van der Waals surface area contributed by atoms with Crippen LogP contribution in [0, 0.1) is 23.5 Å². The summed E-state index contributed by atoms with van der Waals surface area (Å²) in [5, 5.41) is 0. The number of amides is 2. The predicted octanol–water partition coefficient (Wildman–Crippen LogP) is 5.15. The van der Waals surface area contributed by atoms with Crippen LogP contribution in [0.25, 0.3) is 5.57 Å². The second-order valence-electron chi connectivity index (χ2n) is 11.9. The van der Waals surface area contributed by atoms with Crippen molar-refractivity contribution in [2.75, 3.05) is 24.5 Å². The van der Waals surface area contributed by atoms with E-state index < -0.39 is 23.4 Å². The van der Waals surface area contributed by atoms with Gasteiger partial charge in [0.25, 0.3) is 5.91 Å². The van der Waals surface area contributed by atoms with Crippen LogP contribution < -0.4 is 4.90 Å². The Morgan fingerprint density at radius 1 is 1.17 bits per heavy atom. The number of rotatable bonds is 6. The molecular weight excluding hydrogens is 545 g/mol. The largest absolute Gasteiger partial charge is 0.339 e. The predicted molar refractivity (Wildman–Crippen MR) is 153 cm³/mol. The van der Waals surface area contributed by atoms with E-state index in [0.717, 1.165) is 18.9 Å². The van der Waals surface area contributed by atoms with E-state index in [1.165, 1.54) is 18.2 Å². The molecule has 1 aliphatic carbocycles. The molecule has 3 aliphatic heterocycles. The normalized spacial score (nSPS) is 23.7. The highest BCUT2D eigenvalue weighted by atomic mass is 19.1. The number of carbonyl (C=O) groups excluding carboxylic acids is 2. The van der Waals surface area contributed by atoms with E-state index in [9.17, 15) is 18.4 Å². The van der Waals surface area contributed by atoms with Crippen molar-refractivity contribution >= 4 is 29.2 Å². The smallest absolute Gasteiger partial charge is 0.283 e. The minimum Gasteiger partial charge on any atom is -0.339 e. The van der Waals surface area contributed by atoms with Crippen molar-refractivity contribution in [1.82, 2.24) is 19.4 Å². The van der Waals surface area contributed by atoms with E-state index >= 15 is 4.39 Å². The van der Waals surface area contributed by atoms with Crippen LogP contribution in [0.3, 0.4) is 0 Å². The number of fused-ring (bicyclic) bond motifs is 3. The molecule has 2 aromatic rings. The Kier molecular flexibility index (Phi) is 7.22. The number of halogens is 3. The van der Waals surface area contributed by atoms with Crippen molar-refractivity contribution in [3.05, 3.63) is 64.9 Å². The van der Waals surface area contributed by atoms with Crippen LogP contribution in [0.5, 0.6) is 0 Å². The Morgan fingerprint density at radius 2 is 1.95 bits per heavy atom. The van der Waals surface area contributed by atoms with Gasteiger partial charge in [0.15, 0.2) is 5.69 Å². The first-order chi connectivity index (χ1) is 20.1. The molecule has 11 heteroatoms. The summed E-state index contributed by atoms with van der Waals surface area (Å²) in [4.78, 5) is 42.1. The topological polar surface area (TPSA) is 74.0 Å². The monoisotopic (exact) mass is 580 g/mol. The van der Waals surface area contributed by atoms with Crippen molar-refractivity contribution in [3.8, 4) is 0 Å². The first-order valence-electron chi connectivity index (χ1n) is 14.7. The lowest BCUT2D eigenvalue weighted by molar-refractivity contribution is -0.135. The summed E-state index contributed by atoms with van der Waals surface area (Å²) in [5.41, 5.74) is 0.954. The SMILES string of the molecule is CCN1C(=O)c2nc(C3=CC=C(F)C(C(=O)N4CCCC4C)C3)n(Cc3ccc(F)cc3F)c2N2C[C@@H](C(C)C)N=C12. The zero-order valence-corrected chi connectivity index (χ0v) is 24.3. The molecule has 2 amide bonds. The molecule has 4 aliphatic rings. The van der Waals surface area contributed by atoms with Crippen LogP contribution in [-0.2, 0) is 11.3 Å². The zero-order valence-electron chi connectivity index (χ0n) is 24.3. The Morgan fingerprint density at radius 3 is 2.62 bits per heavy atom. The Bertz CT molecular complexity index is 1540. The number of benzene rings is 1. The number of hydrogen-bond donors (Lipinski definition) is 0. The minimum absolute atomic E-state index is 0.0369. The van der Waals surface area contributed by atoms with Gasteiger partial charge in [-0.1, -0.05) is 26.0 Å². The van der Waals surface area contributed by atoms with Gasteiger partial charge < -0.3 is 9.47 Å². The molecule has 4 heterocycles. The molecule has 1 aromatic carbocycles. The molecule has 6 rings (SSSR count). The van der Waals surface area contributed by atoms with Gasteiger partial charge in [0.1, 0.15) is 29.1 Å². The summed E-state index contributed by atoms with van der Waals surface area (Å²) in [6.45, 7) is 9.38. The van der Waals surface area contributed by atoms with Crippen molar-refractivity contribution in [1.29, 1.82) is 0 Å². The second-order valence-corrected chi connectivity index (χ2v) is 11.9. The lowest BCUT2D eigenvalue weighted by Crippen LogP contribution is -2.50. The molecule has 1 fully saturated rings. The van der Waals surface area contributed by atoms with E-state index in [0.29, 0.717) is 42.8 Å². The molecule has 1 aromatic heterocycles. The van der Waals surface area contributed by atoms with Crippen molar-refractivity contribution in [3.63, 3.8) is 0 Å². The van der Waals surface area contributed by atoms with E-state index in [-0.39, 0.29) is 54.0 Å². The van der Waals surface area contributed by atoms with Crippen LogP contribution in [-0.4, -0.2) is 68.8 Å². The van der Waals surface area contributed by atoms with Crippen LogP contribution in [0.15, 0.2) is 41.2 Å². The van der Waals surface area contributed by atoms with E-state index in [4.69, 9.17) is 9.98 Å². The van der Waals surface area contributed by atoms with Gasteiger partial charge in [-0.15, -0.1) is 0 Å². The van der Waals surface area contributed by atoms with E-state index in [1.807, 2.05) is 18.7 Å². The fraction of sp³-hybridized carbons (Fsp3) is 0.484. The summed E-state index contributed by atoms with van der Waals surface area (Å²) in [7, 11) is 0. The summed E-state index contributed by atoms with van der Waals surface area (Å²) < 4.78 is 45.7. The molecule has 3 atom stereocenters. The summed E-state index contributed by atoms with van der Waals surface area (Å²) in [6.07, 6.45) is 4.67. The quantitative estimate of drug-likeness (QED) is 0.474. The summed E-state index contributed by atoms with van der Waals surface area (Å²) in [6, 6.07) is 3.35. The third kappa shape index (κ3) is 4.62. The highest BCUT2D eigenvalue weighted by Gasteiger charge is 2.45. The van der Waals surface area contributed by atoms with Crippen molar-refractivity contribution < 1.29 is 22.8 Å². The molecule has 2 unspecified atom stereocenters. The summed E-state index contributed by atoms with van der Waals surface area (Å²) in [5.74, 6) is -2.01. The number of hydrogen-bond acceptors (Lipinski definition) is 5. The zero-order chi connectivity index (χ0) is 29.9. The van der Waals surface area contributed by atoms with Gasteiger partial charge in [0.2, 0.25) is 11.9 Å². The average molecular weight is 581 g/mol. The molecule has 222 valence electrons. The van der Waals surface area contributed by atoms with Gasteiger partial charge in [-0.2, -0.15) is 0 Å². The van der Waals surface area contributed by atoms with Gasteiger partial charge in [-0.05, 0) is 56.7 Å². The number of guanidine groups is 1. The first kappa shape index (κ1) is 28.2. The molecule has 0 spiro atoms. The highest BCUT2D eigenvalue weighted by Crippen LogP contribution is 2.40. The Balaban J connectivity index is 1.47. The number of allylic oxidation sites excluding steroid dienone is 3. The number of anilines is 1. The molecule has 0 N–H and O–H groups in total. The van der Waals surface area contributed by atoms with Crippen LogP contribution >= 0.6 is 0 Å². The van der Waals surface area contributed by atoms with Crippen LogP contribution in [0.1, 0.15) is 68.8 Å². The van der Waals surface area contributed by atoms with Gasteiger partial charge in [-0.3, -0.25) is 19.4 Å². The molecule has 1 saturated heterocycles. The first-order valence-corrected chi connectivity index (χ1v) is 14.7. The molecule has 42 heavy (non-hydrogen) atoms. The van der Waals surface area contributed by atoms with Crippen LogP contribution in [0.2, 0.25) is 0 Å². The number of likely N-dealkylation sites (tertiary alicyclic amines) is 1. The van der Waals surface area contributed by atoms with Gasteiger partial charge in [0, 0.05) is 30.8 Å². The second kappa shape index (κ2) is 10.7. The maximum Gasteiger partial charge on any atom is 0.283 e. The molecular formula is C31H35F3N6O2. The number of carbonyl (C=O) groups is 2. The van der Waals surface area contributed by atoms with Crippen molar-refractivity contribution in [2.24, 2.45) is 16.8 Å². The molecule has 0 saturated carbocycles. The third-order valence-corrected chi connectivity index (χ3v) is 8.83. The number of aliphatic imine (C=N–C) groups is 1. The van der Waals surface area contributed by atoms with Crippen LogP contribution in [0.4, 0.5) is 19.0 Å². The standard InChI is InChI=1S/C31H35F3N6O2/c1-5-37-30(42)26-28(40-16-25(17(2)3)35-31(37)40)39(15-20-8-10-21(32)14-24(20)34)27(36-26)19-9-11-23(33)22(13-19)29(41)38-12-6-7-18(38)4/h8-11,14,17-18,22,25H,5-7,12-13,15-16H2,1-4H3/t18?,22?,25-/m0/s1. The number of nitrogens with zero attached hydrogens (tertiary/aromatic N) is 6. The highest BCUT2D eigenvalue weighted by molar-refractivity contribution is 6.18. The van der Waals surface area contributed by atoms with Crippen molar-refractivity contribution in [2.45, 2.75) is 65.6 Å². The number of imidazole rings is 1. The fourth-order valence-corrected chi connectivity index (χ4v) is 6.38. The van der Waals surface area contributed by atoms with Gasteiger partial charge >= 0.3 is 0 Å². The number of aromatic nitrogens is 2. The minimum atomic E-state index is -1.01. The molecule has 8 nitrogen and oxygen atoms in total. The maximum absolute atomic E-state index is 15.2. The maximum atomic E-state index is 15.2. The Hall–Kier alpha value is -3.89. The fourth-order valence-electron chi connectivity index (χ4n) is 6.38. The average Bonchev–Trinajstić information content (AvgIpc) is 3.68. The summed E-state index contributed by atoms with van der Waals surface area (Å²) >= 11 is 0. The molecule has 0 bridgehead atoms. The van der Waals surface area contributed by atoms with Gasteiger partial charge in [0.05, 0.1) is 25.0 Å². The lowest BCUT2D eigenvalue weighted by Gasteiger charge is -2.34. The van der Waals surface area contributed by atoms with E-state index in [1.54, 1.807) is 20.4 Å². The lowest BCUT2D eigenvalue weighted by atomic mass is 9.91. The third-order valence-electron chi connectivity index (χ3n) is 8.83. The van der Waals surface area contributed by atoms with E-state index in [2.05, 4.69) is 13.8 Å². The Labute approximate surface area is 243 Å². The molecule has 0 radical (unpaired) electrons.